The van der Waals surface area contributed by atoms with Gasteiger partial charge in [0.15, 0.2) is 0 Å². The Kier molecular flexibility index (Phi) is 7.18. The molecule has 2 aromatic heterocycles. The zero-order valence-corrected chi connectivity index (χ0v) is 12.7. The van der Waals surface area contributed by atoms with Gasteiger partial charge in [0.1, 0.15) is 0 Å². The molecule has 6 nitrogen and oxygen atoms in total. The Balaban J connectivity index is 0.000000351. The number of thioether (sulfide) groups is 1. The van der Waals surface area contributed by atoms with Crippen molar-refractivity contribution in [1.82, 2.24) is 9.97 Å². The predicted molar refractivity (Wildman–Crippen MR) is 79.5 cm³/mol. The van der Waals surface area contributed by atoms with Crippen molar-refractivity contribution >= 4 is 23.7 Å². The van der Waals surface area contributed by atoms with E-state index >= 15 is 0 Å². The number of alkyl halides is 3. The standard InChI is InChI=1S/C12H10N2O2S.C2HF3O2/c15-12(16)8-17-11-3-5-14-7-10(11)9-2-1-4-13-6-9;3-2(4,5)1(6)7/h1-7H,8H2,(H,15,16);(H,6,7). The van der Waals surface area contributed by atoms with Crippen LogP contribution < -0.4 is 0 Å². The Hall–Kier alpha value is -2.62. The van der Waals surface area contributed by atoms with Gasteiger partial charge in [-0.15, -0.1) is 11.8 Å². The maximum atomic E-state index is 10.6. The molecule has 0 saturated carbocycles. The van der Waals surface area contributed by atoms with Crippen molar-refractivity contribution in [3.8, 4) is 11.1 Å². The highest BCUT2D eigenvalue weighted by Gasteiger charge is 2.38. The Morgan fingerprint density at radius 3 is 2.21 bits per heavy atom. The van der Waals surface area contributed by atoms with Crippen molar-refractivity contribution in [3.63, 3.8) is 0 Å². The number of hydrogen-bond donors (Lipinski definition) is 2. The van der Waals surface area contributed by atoms with Gasteiger partial charge in [0.25, 0.3) is 0 Å². The van der Waals surface area contributed by atoms with Crippen LogP contribution in [0.5, 0.6) is 0 Å². The molecule has 10 heteroatoms. The molecule has 0 radical (unpaired) electrons. The van der Waals surface area contributed by atoms with Crippen molar-refractivity contribution in [1.29, 1.82) is 0 Å². The summed E-state index contributed by atoms with van der Waals surface area (Å²) < 4.78 is 31.7. The van der Waals surface area contributed by atoms with E-state index in [2.05, 4.69) is 9.97 Å². The highest BCUT2D eigenvalue weighted by Crippen LogP contribution is 2.29. The third-order valence-corrected chi connectivity index (χ3v) is 3.41. The van der Waals surface area contributed by atoms with E-state index in [1.807, 2.05) is 18.2 Å². The molecule has 24 heavy (non-hydrogen) atoms. The van der Waals surface area contributed by atoms with Crippen LogP contribution in [0.25, 0.3) is 11.1 Å². The summed E-state index contributed by atoms with van der Waals surface area (Å²) in [5.74, 6) is -3.55. The molecule has 2 N–H and O–H groups in total. The van der Waals surface area contributed by atoms with E-state index in [0.29, 0.717) is 0 Å². The van der Waals surface area contributed by atoms with Crippen molar-refractivity contribution in [2.45, 2.75) is 11.1 Å². The van der Waals surface area contributed by atoms with Gasteiger partial charge in [-0.1, -0.05) is 6.07 Å². The van der Waals surface area contributed by atoms with Crippen LogP contribution >= 0.6 is 11.8 Å². The van der Waals surface area contributed by atoms with Crippen LogP contribution in [-0.4, -0.2) is 44.0 Å². The van der Waals surface area contributed by atoms with Crippen LogP contribution in [0.3, 0.4) is 0 Å². The minimum atomic E-state index is -5.08. The van der Waals surface area contributed by atoms with Crippen molar-refractivity contribution in [2.75, 3.05) is 5.75 Å². The van der Waals surface area contributed by atoms with Crippen LogP contribution in [0.15, 0.2) is 47.9 Å². The molecule has 0 bridgehead atoms. The third kappa shape index (κ3) is 6.65. The van der Waals surface area contributed by atoms with Gasteiger partial charge in [0.2, 0.25) is 0 Å². The summed E-state index contributed by atoms with van der Waals surface area (Å²) in [5.41, 5.74) is 1.85. The van der Waals surface area contributed by atoms with E-state index in [1.165, 1.54) is 11.8 Å². The zero-order valence-electron chi connectivity index (χ0n) is 11.9. The second kappa shape index (κ2) is 8.87. The number of carboxylic acid groups (broad SMARTS) is 2. The number of hydrogen-bond acceptors (Lipinski definition) is 5. The molecule has 0 spiro atoms. The zero-order chi connectivity index (χ0) is 18.2. The quantitative estimate of drug-likeness (QED) is 0.809. The topological polar surface area (TPSA) is 100 Å². The first-order valence-corrected chi connectivity index (χ1v) is 7.19. The van der Waals surface area contributed by atoms with Crippen molar-refractivity contribution in [3.05, 3.63) is 43.0 Å². The lowest BCUT2D eigenvalue weighted by Gasteiger charge is -2.06. The maximum absolute atomic E-state index is 10.6. The van der Waals surface area contributed by atoms with Gasteiger partial charge in [-0.2, -0.15) is 13.2 Å². The van der Waals surface area contributed by atoms with Crippen LogP contribution in [0.1, 0.15) is 0 Å². The molecule has 128 valence electrons. The second-order valence-electron chi connectivity index (χ2n) is 4.10. The summed E-state index contributed by atoms with van der Waals surface area (Å²) in [6, 6.07) is 5.58. The molecular weight excluding hydrogens is 349 g/mol. The maximum Gasteiger partial charge on any atom is 0.490 e. The number of pyridine rings is 2. The number of carboxylic acids is 2. The summed E-state index contributed by atoms with van der Waals surface area (Å²) in [6.45, 7) is 0. The summed E-state index contributed by atoms with van der Waals surface area (Å²) >= 11 is 1.28. The molecule has 2 heterocycles. The van der Waals surface area contributed by atoms with E-state index in [9.17, 15) is 18.0 Å². The number of aromatic nitrogens is 2. The van der Waals surface area contributed by atoms with Gasteiger partial charge in [-0.3, -0.25) is 14.8 Å². The van der Waals surface area contributed by atoms with Gasteiger partial charge < -0.3 is 10.2 Å². The van der Waals surface area contributed by atoms with Gasteiger partial charge in [-0.05, 0) is 12.1 Å². The Labute approximate surface area is 138 Å². The van der Waals surface area contributed by atoms with Gasteiger partial charge in [-0.25, -0.2) is 4.79 Å². The van der Waals surface area contributed by atoms with Crippen molar-refractivity contribution in [2.24, 2.45) is 0 Å². The lowest BCUT2D eigenvalue weighted by molar-refractivity contribution is -0.192. The molecule has 0 fully saturated rings. The molecular formula is C14H11F3N2O4S. The Morgan fingerprint density at radius 2 is 1.71 bits per heavy atom. The first kappa shape index (κ1) is 19.4. The fourth-order valence-corrected chi connectivity index (χ4v) is 2.15. The lowest BCUT2D eigenvalue weighted by Crippen LogP contribution is -2.21. The van der Waals surface area contributed by atoms with Crippen LogP contribution in [0.2, 0.25) is 0 Å². The van der Waals surface area contributed by atoms with E-state index in [0.717, 1.165) is 16.0 Å². The molecule has 2 rings (SSSR count). The first-order chi connectivity index (χ1) is 11.2. The lowest BCUT2D eigenvalue weighted by atomic mass is 10.1. The Bertz CT molecular complexity index is 696. The molecule has 2 aromatic rings. The molecule has 0 unspecified atom stereocenters. The molecule has 0 aromatic carbocycles. The summed E-state index contributed by atoms with van der Waals surface area (Å²) in [6.07, 6.45) is 1.73. The number of aliphatic carboxylic acids is 2. The third-order valence-electron chi connectivity index (χ3n) is 2.35. The van der Waals surface area contributed by atoms with E-state index in [-0.39, 0.29) is 5.75 Å². The predicted octanol–water partition coefficient (Wildman–Crippen LogP) is 2.95. The SMILES string of the molecule is O=C(O)C(F)(F)F.O=C(O)CSc1ccncc1-c1cccnc1. The Morgan fingerprint density at radius 1 is 1.08 bits per heavy atom. The molecule has 0 aliphatic heterocycles. The number of rotatable bonds is 4. The summed E-state index contributed by atoms with van der Waals surface area (Å²) in [5, 5.41) is 15.8. The first-order valence-electron chi connectivity index (χ1n) is 6.21. The monoisotopic (exact) mass is 360 g/mol. The van der Waals surface area contributed by atoms with Gasteiger partial charge in [0.05, 0.1) is 5.75 Å². The van der Waals surface area contributed by atoms with Crippen LogP contribution in [-0.2, 0) is 9.59 Å². The smallest absolute Gasteiger partial charge is 0.481 e. The van der Waals surface area contributed by atoms with Gasteiger partial charge in [0, 0.05) is 40.8 Å². The molecule has 0 atom stereocenters. The summed E-state index contributed by atoms with van der Waals surface area (Å²) in [4.78, 5) is 28.5. The largest absolute Gasteiger partial charge is 0.490 e. The number of carbonyl (C=O) groups is 2. The number of nitrogens with zero attached hydrogens (tertiary/aromatic N) is 2. The minimum Gasteiger partial charge on any atom is -0.481 e. The van der Waals surface area contributed by atoms with E-state index < -0.39 is 18.1 Å². The average Bonchev–Trinajstić information content (AvgIpc) is 2.53. The number of halogens is 3. The van der Waals surface area contributed by atoms with E-state index in [1.54, 1.807) is 24.8 Å². The van der Waals surface area contributed by atoms with Crippen molar-refractivity contribution < 1.29 is 33.0 Å². The molecule has 0 saturated heterocycles. The molecule has 0 aliphatic carbocycles. The highest BCUT2D eigenvalue weighted by atomic mass is 32.2. The average molecular weight is 360 g/mol. The molecule has 0 aliphatic rings. The summed E-state index contributed by atoms with van der Waals surface area (Å²) in [7, 11) is 0. The fraction of sp³-hybridized carbons (Fsp3) is 0.143. The second-order valence-corrected chi connectivity index (χ2v) is 5.12. The normalized spacial score (nSPS) is 10.5. The van der Waals surface area contributed by atoms with Crippen LogP contribution in [0, 0.1) is 0 Å². The highest BCUT2D eigenvalue weighted by molar-refractivity contribution is 8.00. The fourth-order valence-electron chi connectivity index (χ4n) is 1.39. The van der Waals surface area contributed by atoms with E-state index in [4.69, 9.17) is 15.0 Å². The minimum absolute atomic E-state index is 0.0390. The van der Waals surface area contributed by atoms with Gasteiger partial charge >= 0.3 is 18.1 Å². The van der Waals surface area contributed by atoms with Crippen LogP contribution in [0.4, 0.5) is 13.2 Å². The molecule has 0 amide bonds.